The third kappa shape index (κ3) is 10.7. The van der Waals surface area contributed by atoms with E-state index in [1.165, 1.54) is 12.1 Å². The smallest absolute Gasteiger partial charge is 0.387 e. The third-order valence-electron chi connectivity index (χ3n) is 2.90. The lowest BCUT2D eigenvalue weighted by molar-refractivity contribution is -0.0504. The number of guanidine groups is 1. The van der Waals surface area contributed by atoms with Gasteiger partial charge in [-0.1, -0.05) is 25.4 Å². The lowest BCUT2D eigenvalue weighted by Gasteiger charge is -2.15. The van der Waals surface area contributed by atoms with Gasteiger partial charge >= 0.3 is 6.61 Å². The van der Waals surface area contributed by atoms with Gasteiger partial charge in [0.05, 0.1) is 6.61 Å². The first-order valence-electron chi connectivity index (χ1n) is 7.68. The van der Waals surface area contributed by atoms with Crippen LogP contribution in [0.15, 0.2) is 23.2 Å². The highest BCUT2D eigenvalue weighted by Crippen LogP contribution is 2.24. The molecular formula is C16H25ClF2IN3O2. The van der Waals surface area contributed by atoms with E-state index in [4.69, 9.17) is 16.3 Å². The molecule has 0 unspecified atom stereocenters. The highest BCUT2D eigenvalue weighted by molar-refractivity contribution is 14.0. The minimum absolute atomic E-state index is 0. The number of benzene rings is 1. The van der Waals surface area contributed by atoms with Crippen molar-refractivity contribution in [3.63, 3.8) is 0 Å². The van der Waals surface area contributed by atoms with Crippen LogP contribution in [0.2, 0.25) is 5.02 Å². The molecule has 0 bridgehead atoms. The maximum atomic E-state index is 12.4. The molecule has 0 saturated heterocycles. The van der Waals surface area contributed by atoms with E-state index in [-0.39, 0.29) is 36.3 Å². The van der Waals surface area contributed by atoms with Crippen molar-refractivity contribution in [1.29, 1.82) is 0 Å². The van der Waals surface area contributed by atoms with Crippen molar-refractivity contribution in [2.24, 2.45) is 10.9 Å². The zero-order valence-electron chi connectivity index (χ0n) is 14.5. The maximum Gasteiger partial charge on any atom is 0.387 e. The summed E-state index contributed by atoms with van der Waals surface area (Å²) in [5.41, 5.74) is 0.516. The minimum Gasteiger partial charge on any atom is -0.434 e. The van der Waals surface area contributed by atoms with Crippen molar-refractivity contribution < 1.29 is 18.3 Å². The molecule has 0 amide bonds. The molecule has 5 nitrogen and oxygen atoms in total. The Morgan fingerprint density at radius 2 is 2.00 bits per heavy atom. The maximum absolute atomic E-state index is 12.4. The van der Waals surface area contributed by atoms with Crippen LogP contribution in [0.1, 0.15) is 19.4 Å². The average Bonchev–Trinajstić information content (AvgIpc) is 2.51. The van der Waals surface area contributed by atoms with Crippen LogP contribution in [0.3, 0.4) is 0 Å². The Hall–Kier alpha value is -0.870. The fourth-order valence-electron chi connectivity index (χ4n) is 1.86. The molecule has 0 aliphatic heterocycles. The number of alkyl halides is 2. The number of ether oxygens (including phenoxy) is 2. The van der Waals surface area contributed by atoms with E-state index in [0.717, 1.165) is 0 Å². The first kappa shape index (κ1) is 24.1. The van der Waals surface area contributed by atoms with E-state index in [9.17, 15) is 8.78 Å². The molecule has 9 heteroatoms. The summed E-state index contributed by atoms with van der Waals surface area (Å²) in [5.74, 6) is 1.10. The average molecular weight is 492 g/mol. The Bertz CT molecular complexity index is 534. The molecule has 1 aromatic rings. The number of aliphatic imine (C=N–C) groups is 1. The van der Waals surface area contributed by atoms with Crippen LogP contribution >= 0.6 is 35.6 Å². The normalized spacial score (nSPS) is 11.4. The minimum atomic E-state index is -2.89. The molecule has 0 aliphatic carbocycles. The Balaban J connectivity index is 0.00000576. The lowest BCUT2D eigenvalue weighted by atomic mass is 10.2. The second-order valence-electron chi connectivity index (χ2n) is 5.45. The van der Waals surface area contributed by atoms with Gasteiger partial charge in [0.15, 0.2) is 5.96 Å². The van der Waals surface area contributed by atoms with Gasteiger partial charge < -0.3 is 20.1 Å². The zero-order valence-corrected chi connectivity index (χ0v) is 17.6. The van der Waals surface area contributed by atoms with E-state index < -0.39 is 6.61 Å². The molecule has 0 spiro atoms. The van der Waals surface area contributed by atoms with E-state index in [2.05, 4.69) is 34.2 Å². The largest absolute Gasteiger partial charge is 0.434 e. The summed E-state index contributed by atoms with van der Waals surface area (Å²) in [7, 11) is 1.62. The molecule has 0 fully saturated rings. The van der Waals surface area contributed by atoms with E-state index >= 15 is 0 Å². The first-order valence-corrected chi connectivity index (χ1v) is 8.05. The predicted octanol–water partition coefficient (Wildman–Crippen LogP) is 3.90. The molecule has 0 saturated carbocycles. The van der Waals surface area contributed by atoms with Crippen molar-refractivity contribution in [1.82, 2.24) is 10.6 Å². The van der Waals surface area contributed by atoms with Crippen molar-refractivity contribution in [3.8, 4) is 5.75 Å². The number of rotatable bonds is 9. The van der Waals surface area contributed by atoms with Gasteiger partial charge in [0.1, 0.15) is 5.75 Å². The molecule has 25 heavy (non-hydrogen) atoms. The first-order chi connectivity index (χ1) is 11.4. The van der Waals surface area contributed by atoms with E-state index in [1.54, 1.807) is 13.1 Å². The number of hydrogen-bond acceptors (Lipinski definition) is 3. The molecule has 0 heterocycles. The molecule has 1 aromatic carbocycles. The summed E-state index contributed by atoms with van der Waals surface area (Å²) in [6.45, 7) is 3.36. The van der Waals surface area contributed by atoms with Crippen LogP contribution in [0.5, 0.6) is 5.75 Å². The highest BCUT2D eigenvalue weighted by atomic mass is 127. The van der Waals surface area contributed by atoms with Crippen LogP contribution in [0, 0.1) is 5.92 Å². The fourth-order valence-corrected chi connectivity index (χ4v) is 2.05. The van der Waals surface area contributed by atoms with Gasteiger partial charge in [-0.25, -0.2) is 0 Å². The molecular weight excluding hydrogens is 467 g/mol. The summed E-state index contributed by atoms with van der Waals surface area (Å²) in [4.78, 5) is 4.07. The Morgan fingerprint density at radius 1 is 1.28 bits per heavy atom. The summed E-state index contributed by atoms with van der Waals surface area (Å²) < 4.78 is 34.8. The van der Waals surface area contributed by atoms with Gasteiger partial charge in [-0.3, -0.25) is 4.99 Å². The number of nitrogens with zero attached hydrogens (tertiary/aromatic N) is 1. The van der Waals surface area contributed by atoms with Crippen molar-refractivity contribution in [2.75, 3.05) is 26.8 Å². The molecule has 0 aliphatic rings. The topological polar surface area (TPSA) is 54.9 Å². The number of halogens is 4. The van der Waals surface area contributed by atoms with Crippen LogP contribution in [-0.4, -0.2) is 39.4 Å². The molecule has 1 rings (SSSR count). The Kier molecular flexibility index (Phi) is 12.9. The van der Waals surface area contributed by atoms with Gasteiger partial charge in [0.25, 0.3) is 0 Å². The highest BCUT2D eigenvalue weighted by Gasteiger charge is 2.11. The van der Waals surface area contributed by atoms with E-state index in [0.29, 0.717) is 42.2 Å². The van der Waals surface area contributed by atoms with Gasteiger partial charge in [0, 0.05) is 37.3 Å². The van der Waals surface area contributed by atoms with Gasteiger partial charge in [-0.05, 0) is 24.1 Å². The number of nitrogens with one attached hydrogen (secondary N) is 2. The Morgan fingerprint density at radius 3 is 2.60 bits per heavy atom. The zero-order chi connectivity index (χ0) is 17.9. The second-order valence-corrected chi connectivity index (χ2v) is 5.89. The number of hydrogen-bond donors (Lipinski definition) is 2. The Labute approximate surface area is 169 Å². The molecule has 2 N–H and O–H groups in total. The van der Waals surface area contributed by atoms with Crippen LogP contribution in [0.25, 0.3) is 0 Å². The molecule has 0 radical (unpaired) electrons. The summed E-state index contributed by atoms with van der Waals surface area (Å²) in [5, 5.41) is 6.55. The van der Waals surface area contributed by atoms with Gasteiger partial charge in [-0.15, -0.1) is 24.0 Å². The molecule has 144 valence electrons. The van der Waals surface area contributed by atoms with Gasteiger partial charge in [0.2, 0.25) is 0 Å². The lowest BCUT2D eigenvalue weighted by Crippen LogP contribution is -2.38. The monoisotopic (exact) mass is 491 g/mol. The second kappa shape index (κ2) is 13.3. The third-order valence-corrected chi connectivity index (χ3v) is 3.13. The van der Waals surface area contributed by atoms with Crippen molar-refractivity contribution in [3.05, 3.63) is 28.8 Å². The van der Waals surface area contributed by atoms with Crippen LogP contribution in [0.4, 0.5) is 8.78 Å². The molecule has 0 atom stereocenters. The summed E-state index contributed by atoms with van der Waals surface area (Å²) >= 11 is 5.91. The van der Waals surface area contributed by atoms with Crippen molar-refractivity contribution in [2.45, 2.75) is 27.0 Å². The van der Waals surface area contributed by atoms with Crippen LogP contribution < -0.4 is 15.4 Å². The summed E-state index contributed by atoms with van der Waals surface area (Å²) in [6, 6.07) is 4.49. The quantitative estimate of drug-likeness (QED) is 0.238. The van der Waals surface area contributed by atoms with Crippen LogP contribution in [-0.2, 0) is 11.3 Å². The van der Waals surface area contributed by atoms with Gasteiger partial charge in [-0.2, -0.15) is 8.78 Å². The fraction of sp³-hybridized carbons (Fsp3) is 0.562. The summed E-state index contributed by atoms with van der Waals surface area (Å²) in [6.07, 6.45) is 0. The van der Waals surface area contributed by atoms with E-state index in [1.807, 2.05) is 0 Å². The van der Waals surface area contributed by atoms with Crippen molar-refractivity contribution >= 4 is 41.5 Å². The SMILES string of the molecule is CN=C(NCCOCC(C)C)NCc1cc(Cl)ccc1OC(F)F.I. The standard InChI is InChI=1S/C16H24ClF2N3O2.HI/c1-11(2)10-23-7-6-21-16(20-3)22-9-12-8-13(17)4-5-14(12)24-15(18)19;/h4-5,8,11,15H,6-7,9-10H2,1-3H3,(H2,20,21,22);1H. The molecule has 0 aromatic heterocycles. The predicted molar refractivity (Wildman–Crippen MR) is 107 cm³/mol.